The van der Waals surface area contributed by atoms with E-state index < -0.39 is 0 Å². The monoisotopic (exact) mass is 470 g/mol. The number of benzene rings is 2. The third-order valence-electron chi connectivity index (χ3n) is 5.80. The average Bonchev–Trinajstić information content (AvgIpc) is 3.22. The third-order valence-corrected chi connectivity index (χ3v) is 6.88. The molecule has 0 fully saturated rings. The number of hydrogen-bond acceptors (Lipinski definition) is 6. The molecule has 0 aliphatic rings. The van der Waals surface area contributed by atoms with Gasteiger partial charge in [0.05, 0.1) is 24.6 Å². The molecule has 1 amide bonds. The number of carbonyl (C=O) groups is 1. The van der Waals surface area contributed by atoms with Crippen LogP contribution in [0.25, 0.3) is 31.7 Å². The number of methoxy groups -OCH3 is 1. The van der Waals surface area contributed by atoms with Crippen LogP contribution in [0.4, 0.5) is 5.69 Å². The van der Waals surface area contributed by atoms with Crippen molar-refractivity contribution in [1.82, 2.24) is 14.5 Å². The summed E-state index contributed by atoms with van der Waals surface area (Å²) in [7, 11) is 1.58. The van der Waals surface area contributed by atoms with Gasteiger partial charge in [0, 0.05) is 16.6 Å². The van der Waals surface area contributed by atoms with Crippen molar-refractivity contribution in [2.75, 3.05) is 12.4 Å². The van der Waals surface area contributed by atoms with E-state index in [0.29, 0.717) is 21.7 Å². The zero-order valence-electron chi connectivity index (χ0n) is 19.0. The molecule has 170 valence electrons. The van der Waals surface area contributed by atoms with Crippen molar-refractivity contribution in [3.8, 4) is 17.0 Å². The van der Waals surface area contributed by atoms with Crippen LogP contribution < -0.4 is 15.6 Å². The van der Waals surface area contributed by atoms with E-state index in [9.17, 15) is 9.59 Å². The van der Waals surface area contributed by atoms with Gasteiger partial charge in [-0.15, -0.1) is 11.3 Å². The lowest BCUT2D eigenvalue weighted by Gasteiger charge is -2.08. The summed E-state index contributed by atoms with van der Waals surface area (Å²) in [5.74, 6) is 0.382. The molecule has 34 heavy (non-hydrogen) atoms. The molecule has 3 aromatic heterocycles. The minimum absolute atomic E-state index is 0.136. The smallest absolute Gasteiger partial charge is 0.271 e. The lowest BCUT2D eigenvalue weighted by molar-refractivity contribution is -0.116. The molecule has 5 aromatic rings. The molecule has 1 N–H and O–H groups in total. The van der Waals surface area contributed by atoms with Gasteiger partial charge in [-0.1, -0.05) is 12.1 Å². The van der Waals surface area contributed by atoms with Crippen molar-refractivity contribution in [3.63, 3.8) is 0 Å². The molecule has 0 atom stereocenters. The fourth-order valence-electron chi connectivity index (χ4n) is 3.75. The van der Waals surface area contributed by atoms with Crippen LogP contribution in [0.2, 0.25) is 0 Å². The summed E-state index contributed by atoms with van der Waals surface area (Å²) in [5.41, 5.74) is 5.28. The van der Waals surface area contributed by atoms with E-state index in [1.165, 1.54) is 33.4 Å². The molecule has 0 radical (unpaired) electrons. The number of nitrogens with zero attached hydrogens (tertiary/aromatic N) is 3. The highest BCUT2D eigenvalue weighted by Gasteiger charge is 2.15. The van der Waals surface area contributed by atoms with Gasteiger partial charge in [-0.25, -0.2) is 9.97 Å². The Morgan fingerprint density at radius 1 is 1.06 bits per heavy atom. The molecule has 5 rings (SSSR count). The first-order valence-corrected chi connectivity index (χ1v) is 11.5. The molecule has 0 saturated carbocycles. The van der Waals surface area contributed by atoms with Crippen molar-refractivity contribution < 1.29 is 9.53 Å². The number of nitrogens with one attached hydrogen (secondary N) is 1. The maximum Gasteiger partial charge on any atom is 0.271 e. The fraction of sp³-hybridized carbons (Fsp3) is 0.154. The summed E-state index contributed by atoms with van der Waals surface area (Å²) >= 11 is 1.30. The van der Waals surface area contributed by atoms with E-state index in [1.54, 1.807) is 31.4 Å². The zero-order valence-corrected chi connectivity index (χ0v) is 19.8. The van der Waals surface area contributed by atoms with Gasteiger partial charge in [0.1, 0.15) is 21.8 Å². The van der Waals surface area contributed by atoms with Crippen LogP contribution in [0.3, 0.4) is 0 Å². The Bertz CT molecular complexity index is 1600. The second-order valence-electron chi connectivity index (χ2n) is 8.08. The molecule has 0 aliphatic heterocycles. The topological polar surface area (TPSA) is 86.1 Å². The Morgan fingerprint density at radius 3 is 2.59 bits per heavy atom. The van der Waals surface area contributed by atoms with Gasteiger partial charge in [-0.3, -0.25) is 14.2 Å². The predicted molar refractivity (Wildman–Crippen MR) is 136 cm³/mol. The lowest BCUT2D eigenvalue weighted by atomic mass is 10.0. The van der Waals surface area contributed by atoms with Crippen molar-refractivity contribution in [2.45, 2.75) is 20.4 Å². The molecular formula is C26H22N4O3S. The molecule has 0 unspecified atom stereocenters. The summed E-state index contributed by atoms with van der Waals surface area (Å²) in [6.45, 7) is 4.02. The number of anilines is 1. The van der Waals surface area contributed by atoms with Crippen molar-refractivity contribution in [2.24, 2.45) is 0 Å². The number of aryl methyl sites for hydroxylation is 2. The van der Waals surface area contributed by atoms with E-state index in [0.717, 1.165) is 21.5 Å². The van der Waals surface area contributed by atoms with Gasteiger partial charge >= 0.3 is 0 Å². The average molecular weight is 471 g/mol. The number of aromatic nitrogens is 3. The third kappa shape index (κ3) is 4.04. The molecule has 0 bridgehead atoms. The summed E-state index contributed by atoms with van der Waals surface area (Å²) in [5, 5.41) is 3.62. The van der Waals surface area contributed by atoms with Crippen LogP contribution in [-0.4, -0.2) is 27.6 Å². The second kappa shape index (κ2) is 8.72. The van der Waals surface area contributed by atoms with E-state index in [-0.39, 0.29) is 18.0 Å². The minimum Gasteiger partial charge on any atom is -0.497 e. The van der Waals surface area contributed by atoms with Crippen LogP contribution in [-0.2, 0) is 11.3 Å². The first kappa shape index (κ1) is 21.8. The van der Waals surface area contributed by atoms with E-state index >= 15 is 0 Å². The molecule has 0 saturated heterocycles. The van der Waals surface area contributed by atoms with Gasteiger partial charge in [-0.2, -0.15) is 0 Å². The Morgan fingerprint density at radius 2 is 1.85 bits per heavy atom. The Labute approximate surface area is 199 Å². The predicted octanol–water partition coefficient (Wildman–Crippen LogP) is 4.94. The van der Waals surface area contributed by atoms with Crippen LogP contribution in [0.5, 0.6) is 5.75 Å². The largest absolute Gasteiger partial charge is 0.497 e. The fourth-order valence-corrected chi connectivity index (χ4v) is 4.83. The second-order valence-corrected chi connectivity index (χ2v) is 9.08. The Hall–Kier alpha value is -4.04. The van der Waals surface area contributed by atoms with Gasteiger partial charge in [0.15, 0.2) is 0 Å². The number of rotatable bonds is 5. The van der Waals surface area contributed by atoms with Crippen LogP contribution in [0.1, 0.15) is 11.1 Å². The summed E-state index contributed by atoms with van der Waals surface area (Å²) < 4.78 is 6.93. The SMILES string of the molecule is COc1ccc(NC(=O)Cn2cnc3c(sc4nc(-c5ccc(C)c(C)c5)ccc43)c2=O)cc1. The number of hydrogen-bond donors (Lipinski definition) is 1. The van der Waals surface area contributed by atoms with Crippen LogP contribution in [0, 0.1) is 13.8 Å². The molecular weight excluding hydrogens is 448 g/mol. The van der Waals surface area contributed by atoms with Crippen molar-refractivity contribution in [1.29, 1.82) is 0 Å². The number of thiophene rings is 1. The van der Waals surface area contributed by atoms with Gasteiger partial charge < -0.3 is 10.1 Å². The van der Waals surface area contributed by atoms with Gasteiger partial charge in [0.25, 0.3) is 5.56 Å². The highest BCUT2D eigenvalue weighted by atomic mass is 32.1. The number of pyridine rings is 1. The standard InChI is InChI=1S/C26H22N4O3S/c1-15-4-5-17(12-16(15)2)21-11-10-20-23-24(34-25(20)29-21)26(32)30(14-27-23)13-22(31)28-18-6-8-19(33-3)9-7-18/h4-12,14H,13H2,1-3H3,(H,28,31). The summed E-state index contributed by atoms with van der Waals surface area (Å²) in [6.07, 6.45) is 1.42. The summed E-state index contributed by atoms with van der Waals surface area (Å²) in [4.78, 5) is 35.6. The van der Waals surface area contributed by atoms with Gasteiger partial charge in [0.2, 0.25) is 5.91 Å². The normalized spacial score (nSPS) is 11.1. The minimum atomic E-state index is -0.315. The quantitative estimate of drug-likeness (QED) is 0.393. The number of amides is 1. The van der Waals surface area contributed by atoms with E-state index in [2.05, 4.69) is 42.3 Å². The zero-order chi connectivity index (χ0) is 23.8. The summed E-state index contributed by atoms with van der Waals surface area (Å²) in [6, 6.07) is 17.2. The lowest BCUT2D eigenvalue weighted by Crippen LogP contribution is -2.27. The van der Waals surface area contributed by atoms with E-state index in [1.807, 2.05) is 12.1 Å². The maximum absolute atomic E-state index is 13.1. The highest BCUT2D eigenvalue weighted by Crippen LogP contribution is 2.31. The van der Waals surface area contributed by atoms with Gasteiger partial charge in [-0.05, 0) is 67.4 Å². The molecule has 2 aromatic carbocycles. The number of ether oxygens (including phenoxy) is 1. The first-order chi connectivity index (χ1) is 16.4. The van der Waals surface area contributed by atoms with Crippen LogP contribution in [0.15, 0.2) is 65.7 Å². The molecule has 0 aliphatic carbocycles. The highest BCUT2D eigenvalue weighted by molar-refractivity contribution is 7.25. The number of fused-ring (bicyclic) bond motifs is 3. The molecule has 0 spiro atoms. The van der Waals surface area contributed by atoms with E-state index in [4.69, 9.17) is 9.72 Å². The number of carbonyl (C=O) groups excluding carboxylic acids is 1. The molecule has 8 heteroatoms. The molecule has 7 nitrogen and oxygen atoms in total. The van der Waals surface area contributed by atoms with Crippen molar-refractivity contribution >= 4 is 43.4 Å². The Balaban J connectivity index is 1.44. The first-order valence-electron chi connectivity index (χ1n) is 10.7. The van der Waals surface area contributed by atoms with Crippen LogP contribution >= 0.6 is 11.3 Å². The Kier molecular flexibility index (Phi) is 5.59. The maximum atomic E-state index is 13.1. The van der Waals surface area contributed by atoms with Crippen molar-refractivity contribution in [3.05, 3.63) is 82.4 Å². The molecule has 3 heterocycles.